The first-order valence-electron chi connectivity index (χ1n) is 12.4. The molecule has 1 N–H and O–H groups in total. The van der Waals surface area contributed by atoms with Crippen LogP contribution in [-0.2, 0) is 11.4 Å². The molecule has 0 fully saturated rings. The number of fused-ring (bicyclic) bond motifs is 3. The molecule has 0 spiro atoms. The Kier molecular flexibility index (Phi) is 7.90. The first-order valence-corrected chi connectivity index (χ1v) is 12.7. The molecule has 3 aromatic carbocycles. The van der Waals surface area contributed by atoms with Crippen molar-refractivity contribution in [2.24, 2.45) is 0 Å². The quantitative estimate of drug-likeness (QED) is 0.288. The molecule has 10 heteroatoms. The summed E-state index contributed by atoms with van der Waals surface area (Å²) < 4.78 is 25.3. The summed E-state index contributed by atoms with van der Waals surface area (Å²) in [6, 6.07) is 15.2. The zero-order valence-corrected chi connectivity index (χ0v) is 22.3. The number of hydrogen-bond donors (Lipinski definition) is 1. The summed E-state index contributed by atoms with van der Waals surface area (Å²) in [5.41, 5.74) is 2.69. The van der Waals surface area contributed by atoms with Crippen LogP contribution in [0.5, 0.6) is 11.5 Å². The maximum atomic E-state index is 13.5. The number of anilines is 3. The van der Waals surface area contributed by atoms with Gasteiger partial charge in [0.1, 0.15) is 36.9 Å². The maximum Gasteiger partial charge on any atom is 0.250 e. The van der Waals surface area contributed by atoms with Gasteiger partial charge in [-0.25, -0.2) is 14.4 Å². The largest absolute Gasteiger partial charge is 0.489 e. The molecular weight excluding hydrogens is 521 g/mol. The van der Waals surface area contributed by atoms with Crippen LogP contribution in [0.25, 0.3) is 10.9 Å². The lowest BCUT2D eigenvalue weighted by atomic mass is 10.1. The van der Waals surface area contributed by atoms with Gasteiger partial charge in [0.25, 0.3) is 5.91 Å². The van der Waals surface area contributed by atoms with E-state index >= 15 is 0 Å². The van der Waals surface area contributed by atoms with E-state index in [1.807, 2.05) is 49.3 Å². The third kappa shape index (κ3) is 6.10. The molecule has 0 radical (unpaired) electrons. The summed E-state index contributed by atoms with van der Waals surface area (Å²) in [4.78, 5) is 25.5. The van der Waals surface area contributed by atoms with Gasteiger partial charge in [0.2, 0.25) is 0 Å². The number of carbonyl (C=O) groups is 1. The predicted octanol–water partition coefficient (Wildman–Crippen LogP) is 5.59. The molecule has 8 nitrogen and oxygen atoms in total. The van der Waals surface area contributed by atoms with Crippen molar-refractivity contribution in [3.63, 3.8) is 0 Å². The van der Waals surface area contributed by atoms with E-state index in [1.165, 1.54) is 24.5 Å². The van der Waals surface area contributed by atoms with Crippen LogP contribution in [0, 0.1) is 5.82 Å². The minimum absolute atomic E-state index is 0.109. The maximum absolute atomic E-state index is 13.5. The Morgan fingerprint density at radius 2 is 2.00 bits per heavy atom. The molecule has 0 atom stereocenters. The van der Waals surface area contributed by atoms with Gasteiger partial charge < -0.3 is 24.6 Å². The van der Waals surface area contributed by atoms with Crippen LogP contribution in [-0.4, -0.2) is 54.6 Å². The average Bonchev–Trinajstić information content (AvgIpc) is 2.93. The molecule has 0 bridgehead atoms. The highest BCUT2D eigenvalue weighted by Crippen LogP contribution is 2.41. The van der Waals surface area contributed by atoms with Gasteiger partial charge in [-0.3, -0.25) is 4.79 Å². The summed E-state index contributed by atoms with van der Waals surface area (Å²) >= 11 is 6.13. The molecule has 39 heavy (non-hydrogen) atoms. The second-order valence-electron chi connectivity index (χ2n) is 9.21. The summed E-state index contributed by atoms with van der Waals surface area (Å²) in [6.07, 6.45) is 4.91. The Bertz CT molecular complexity index is 1530. The molecule has 1 aliphatic rings. The number of aromatic nitrogens is 2. The second-order valence-corrected chi connectivity index (χ2v) is 9.61. The zero-order chi connectivity index (χ0) is 27.4. The van der Waals surface area contributed by atoms with E-state index in [0.29, 0.717) is 64.2 Å². The summed E-state index contributed by atoms with van der Waals surface area (Å²) in [5, 5.41) is 4.46. The molecule has 4 aromatic rings. The van der Waals surface area contributed by atoms with Gasteiger partial charge in [-0.2, -0.15) is 0 Å². The van der Waals surface area contributed by atoms with Crippen LogP contribution >= 0.6 is 11.6 Å². The van der Waals surface area contributed by atoms with Gasteiger partial charge in [0.15, 0.2) is 5.75 Å². The van der Waals surface area contributed by atoms with Crippen LogP contribution < -0.4 is 19.7 Å². The number of carbonyl (C=O) groups excluding carboxylic acids is 1. The number of amides is 1. The summed E-state index contributed by atoms with van der Waals surface area (Å²) in [6.45, 7) is 1.62. The summed E-state index contributed by atoms with van der Waals surface area (Å²) in [7, 11) is 3.90. The number of likely N-dealkylation sites (N-methyl/N-ethyl adjacent to an activating group) is 1. The lowest BCUT2D eigenvalue weighted by molar-refractivity contribution is -0.114. The number of benzene rings is 3. The molecule has 2 heterocycles. The molecule has 0 saturated heterocycles. The minimum atomic E-state index is -0.367. The van der Waals surface area contributed by atoms with Crippen molar-refractivity contribution in [2.75, 3.05) is 44.0 Å². The molecular formula is C29H27ClFN5O3. The van der Waals surface area contributed by atoms with Gasteiger partial charge in [-0.15, -0.1) is 0 Å². The fraction of sp³-hybridized carbons (Fsp3) is 0.207. The van der Waals surface area contributed by atoms with Crippen LogP contribution in [0.1, 0.15) is 5.56 Å². The van der Waals surface area contributed by atoms with E-state index in [9.17, 15) is 9.18 Å². The number of nitrogens with one attached hydrogen (secondary N) is 1. The monoisotopic (exact) mass is 547 g/mol. The van der Waals surface area contributed by atoms with Crippen LogP contribution in [0.15, 0.2) is 73.1 Å². The fourth-order valence-corrected chi connectivity index (χ4v) is 4.37. The van der Waals surface area contributed by atoms with Gasteiger partial charge in [0, 0.05) is 28.9 Å². The molecule has 5 rings (SSSR count). The SMILES string of the molecule is CN(C)C/C=C/C(=O)N1CCOc2c1ccc1ncnc(Nc3ccc(OCc4cc(F)ccc4Cl)cc3)c21. The van der Waals surface area contributed by atoms with Gasteiger partial charge in [-0.05, 0) is 68.7 Å². The summed E-state index contributed by atoms with van der Waals surface area (Å²) in [5.74, 6) is 1.24. The van der Waals surface area contributed by atoms with Gasteiger partial charge >= 0.3 is 0 Å². The zero-order valence-electron chi connectivity index (χ0n) is 21.5. The van der Waals surface area contributed by atoms with Crippen molar-refractivity contribution in [1.29, 1.82) is 0 Å². The molecule has 200 valence electrons. The van der Waals surface area contributed by atoms with Gasteiger partial charge in [-0.1, -0.05) is 17.7 Å². The lowest BCUT2D eigenvalue weighted by Gasteiger charge is -2.30. The molecule has 1 aromatic heterocycles. The second kappa shape index (κ2) is 11.7. The fourth-order valence-electron chi connectivity index (χ4n) is 4.19. The minimum Gasteiger partial charge on any atom is -0.489 e. The van der Waals surface area contributed by atoms with Crippen LogP contribution in [0.2, 0.25) is 5.02 Å². The molecule has 1 amide bonds. The van der Waals surface area contributed by atoms with E-state index in [2.05, 4.69) is 15.3 Å². The Hall–Kier alpha value is -4.21. The first kappa shape index (κ1) is 26.4. The number of halogens is 2. The number of ether oxygens (including phenoxy) is 2. The van der Waals surface area contributed by atoms with Crippen LogP contribution in [0.4, 0.5) is 21.6 Å². The van der Waals surface area contributed by atoms with E-state index in [-0.39, 0.29) is 18.3 Å². The highest BCUT2D eigenvalue weighted by molar-refractivity contribution is 6.31. The average molecular weight is 548 g/mol. The molecule has 1 aliphatic heterocycles. The van der Waals surface area contributed by atoms with E-state index < -0.39 is 0 Å². The third-order valence-corrected chi connectivity index (χ3v) is 6.47. The van der Waals surface area contributed by atoms with Crippen molar-refractivity contribution in [3.05, 3.63) is 89.5 Å². The Morgan fingerprint density at radius 3 is 2.79 bits per heavy atom. The predicted molar refractivity (Wildman–Crippen MR) is 151 cm³/mol. The highest BCUT2D eigenvalue weighted by Gasteiger charge is 2.26. The van der Waals surface area contributed by atoms with Crippen molar-refractivity contribution in [2.45, 2.75) is 6.61 Å². The molecule has 0 aliphatic carbocycles. The lowest BCUT2D eigenvalue weighted by Crippen LogP contribution is -2.37. The van der Waals surface area contributed by atoms with E-state index in [4.69, 9.17) is 21.1 Å². The van der Waals surface area contributed by atoms with E-state index in [1.54, 1.807) is 23.1 Å². The van der Waals surface area contributed by atoms with E-state index in [0.717, 1.165) is 5.69 Å². The number of nitrogens with zero attached hydrogens (tertiary/aromatic N) is 4. The van der Waals surface area contributed by atoms with Crippen molar-refractivity contribution < 1.29 is 18.7 Å². The van der Waals surface area contributed by atoms with Crippen molar-refractivity contribution >= 4 is 45.6 Å². The first-order chi connectivity index (χ1) is 18.9. The Labute approximate surface area is 230 Å². The van der Waals surface area contributed by atoms with Gasteiger partial charge in [0.05, 0.1) is 23.1 Å². The van der Waals surface area contributed by atoms with Crippen molar-refractivity contribution in [3.8, 4) is 11.5 Å². The third-order valence-electron chi connectivity index (χ3n) is 6.10. The molecule has 0 unspecified atom stereocenters. The normalized spacial score (nSPS) is 13.0. The highest BCUT2D eigenvalue weighted by atomic mass is 35.5. The molecule has 0 saturated carbocycles. The standard InChI is InChI=1S/C29H27ClFN5O3/c1-35(2)13-3-4-26(37)36-14-15-38-28-25(36)12-11-24-27(28)29(33-18-32-24)34-21-6-8-22(9-7-21)39-17-19-16-20(31)5-10-23(19)30/h3-12,16,18H,13-15,17H2,1-2H3,(H,32,33,34)/b4-3+. The Morgan fingerprint density at radius 1 is 1.18 bits per heavy atom. The number of rotatable bonds is 8. The van der Waals surface area contributed by atoms with Crippen LogP contribution in [0.3, 0.4) is 0 Å². The van der Waals surface area contributed by atoms with Crippen molar-refractivity contribution in [1.82, 2.24) is 14.9 Å². The Balaban J connectivity index is 1.36. The topological polar surface area (TPSA) is 79.8 Å². The smallest absolute Gasteiger partial charge is 0.250 e. The number of hydrogen-bond acceptors (Lipinski definition) is 7.